The molecule has 0 fully saturated rings. The first-order valence-electron chi connectivity index (χ1n) is 5.33. The summed E-state index contributed by atoms with van der Waals surface area (Å²) < 4.78 is 10.4. The molecule has 1 aromatic rings. The van der Waals surface area contributed by atoms with Gasteiger partial charge in [-0.05, 0) is 18.2 Å². The number of carbonyl (C=O) groups is 2. The number of rotatable bonds is 2. The number of carboxylic acid groups (broad SMARTS) is 1. The second kappa shape index (κ2) is 4.86. The highest BCUT2D eigenvalue weighted by Gasteiger charge is 2.34. The topological polar surface area (TPSA) is 72.8 Å². The largest absolute Gasteiger partial charge is 0.479 e. The van der Waals surface area contributed by atoms with Crippen LogP contribution >= 0.6 is 11.6 Å². The lowest BCUT2D eigenvalue weighted by Crippen LogP contribution is -2.34. The van der Waals surface area contributed by atoms with Crippen LogP contribution in [0.4, 0.5) is 0 Å². The molecule has 6 heteroatoms. The van der Waals surface area contributed by atoms with E-state index in [2.05, 4.69) is 0 Å². The Morgan fingerprint density at radius 2 is 2.22 bits per heavy atom. The lowest BCUT2D eigenvalue weighted by Gasteiger charge is -2.29. The summed E-state index contributed by atoms with van der Waals surface area (Å²) in [6, 6.07) is 4.78. The fraction of sp³-hybridized carbons (Fsp3) is 0.333. The number of aliphatic carboxylic acids is 1. The molecular formula is C12H11ClO5. The summed E-state index contributed by atoms with van der Waals surface area (Å²) in [4.78, 5) is 22.0. The fourth-order valence-electron chi connectivity index (χ4n) is 1.86. The molecule has 1 aliphatic heterocycles. The summed E-state index contributed by atoms with van der Waals surface area (Å²) in [6.45, 7) is 1.27. The molecule has 0 aromatic heterocycles. The number of benzene rings is 1. The quantitative estimate of drug-likeness (QED) is 0.834. The van der Waals surface area contributed by atoms with Gasteiger partial charge in [0.15, 0.2) is 6.10 Å². The zero-order valence-corrected chi connectivity index (χ0v) is 10.3. The number of ether oxygens (including phenoxy) is 2. The first-order chi connectivity index (χ1) is 8.47. The molecule has 0 spiro atoms. The third-order valence-electron chi connectivity index (χ3n) is 2.60. The Kier molecular flexibility index (Phi) is 3.43. The van der Waals surface area contributed by atoms with Crippen LogP contribution in [0.2, 0.25) is 5.02 Å². The molecule has 0 radical (unpaired) electrons. The van der Waals surface area contributed by atoms with E-state index in [4.69, 9.17) is 26.2 Å². The van der Waals surface area contributed by atoms with Gasteiger partial charge in [0.2, 0.25) is 0 Å². The zero-order valence-electron chi connectivity index (χ0n) is 9.55. The Bertz CT molecular complexity index is 499. The zero-order chi connectivity index (χ0) is 13.3. The van der Waals surface area contributed by atoms with Gasteiger partial charge in [-0.1, -0.05) is 11.6 Å². The molecule has 2 rings (SSSR count). The Labute approximate surface area is 108 Å². The van der Waals surface area contributed by atoms with Crippen molar-refractivity contribution in [3.8, 4) is 5.75 Å². The van der Waals surface area contributed by atoms with Gasteiger partial charge in [0.1, 0.15) is 11.9 Å². The predicted octanol–water partition coefficient (Wildman–Crippen LogP) is 2.18. The Hall–Kier alpha value is -1.75. The van der Waals surface area contributed by atoms with Crippen molar-refractivity contribution in [3.05, 3.63) is 28.8 Å². The number of fused-ring (bicyclic) bond motifs is 1. The van der Waals surface area contributed by atoms with Gasteiger partial charge in [0, 0.05) is 23.9 Å². The minimum absolute atomic E-state index is 0.0717. The average Bonchev–Trinajstić information content (AvgIpc) is 2.28. The van der Waals surface area contributed by atoms with Crippen molar-refractivity contribution in [1.29, 1.82) is 0 Å². The normalized spacial score (nSPS) is 21.7. The average molecular weight is 271 g/mol. The first kappa shape index (κ1) is 12.7. The standard InChI is InChI=1S/C12H11ClO5/c1-6(14)17-10-5-11(12(15)16)18-9-3-2-7(13)4-8(9)10/h2-4,10-11H,5H2,1H3,(H,15,16). The van der Waals surface area contributed by atoms with Crippen molar-refractivity contribution in [1.82, 2.24) is 0 Å². The minimum atomic E-state index is -1.09. The van der Waals surface area contributed by atoms with Crippen LogP contribution in [-0.4, -0.2) is 23.1 Å². The molecule has 0 aliphatic carbocycles. The van der Waals surface area contributed by atoms with Crippen LogP contribution in [-0.2, 0) is 14.3 Å². The van der Waals surface area contributed by atoms with Crippen LogP contribution in [0.5, 0.6) is 5.75 Å². The highest BCUT2D eigenvalue weighted by molar-refractivity contribution is 6.30. The van der Waals surface area contributed by atoms with E-state index in [0.717, 1.165) is 0 Å². The Balaban J connectivity index is 2.37. The summed E-state index contributed by atoms with van der Waals surface area (Å²) in [5.41, 5.74) is 0.593. The smallest absolute Gasteiger partial charge is 0.345 e. The van der Waals surface area contributed by atoms with Gasteiger partial charge >= 0.3 is 11.9 Å². The summed E-state index contributed by atoms with van der Waals surface area (Å²) in [5.74, 6) is -1.19. The lowest BCUT2D eigenvalue weighted by atomic mass is 9.99. The van der Waals surface area contributed by atoms with E-state index in [9.17, 15) is 9.59 Å². The number of hydrogen-bond acceptors (Lipinski definition) is 4. The summed E-state index contributed by atoms with van der Waals surface area (Å²) >= 11 is 5.87. The molecule has 96 valence electrons. The molecule has 1 N–H and O–H groups in total. The van der Waals surface area contributed by atoms with E-state index in [0.29, 0.717) is 16.3 Å². The maximum absolute atomic E-state index is 11.0. The fourth-order valence-corrected chi connectivity index (χ4v) is 2.04. The Morgan fingerprint density at radius 1 is 1.50 bits per heavy atom. The number of hydrogen-bond donors (Lipinski definition) is 1. The van der Waals surface area contributed by atoms with Gasteiger partial charge in [0.05, 0.1) is 0 Å². The van der Waals surface area contributed by atoms with Crippen molar-refractivity contribution in [2.75, 3.05) is 0 Å². The van der Waals surface area contributed by atoms with E-state index in [1.165, 1.54) is 6.92 Å². The van der Waals surface area contributed by atoms with Crippen LogP contribution < -0.4 is 4.74 Å². The van der Waals surface area contributed by atoms with E-state index in [1.54, 1.807) is 18.2 Å². The predicted molar refractivity (Wildman–Crippen MR) is 62.6 cm³/mol. The molecule has 0 saturated heterocycles. The van der Waals surface area contributed by atoms with Crippen molar-refractivity contribution in [3.63, 3.8) is 0 Å². The number of carboxylic acids is 1. The molecule has 1 aliphatic rings. The van der Waals surface area contributed by atoms with Gasteiger partial charge < -0.3 is 14.6 Å². The molecule has 2 unspecified atom stereocenters. The van der Waals surface area contributed by atoms with Gasteiger partial charge in [-0.15, -0.1) is 0 Å². The van der Waals surface area contributed by atoms with Crippen molar-refractivity contribution in [2.24, 2.45) is 0 Å². The number of halogens is 1. The van der Waals surface area contributed by atoms with Crippen molar-refractivity contribution < 1.29 is 24.2 Å². The molecule has 5 nitrogen and oxygen atoms in total. The lowest BCUT2D eigenvalue weighted by molar-refractivity contribution is -0.156. The second-order valence-electron chi connectivity index (χ2n) is 3.96. The van der Waals surface area contributed by atoms with Gasteiger partial charge in [-0.25, -0.2) is 4.79 Å². The third kappa shape index (κ3) is 2.56. The molecule has 0 bridgehead atoms. The molecule has 1 heterocycles. The summed E-state index contributed by atoms with van der Waals surface area (Å²) in [6.07, 6.45) is -1.60. The van der Waals surface area contributed by atoms with Crippen molar-refractivity contribution >= 4 is 23.5 Å². The van der Waals surface area contributed by atoms with E-state index in [-0.39, 0.29) is 6.42 Å². The van der Waals surface area contributed by atoms with Gasteiger partial charge in [0.25, 0.3) is 0 Å². The molecule has 0 saturated carbocycles. The van der Waals surface area contributed by atoms with Crippen LogP contribution in [0.3, 0.4) is 0 Å². The van der Waals surface area contributed by atoms with Crippen LogP contribution in [0.15, 0.2) is 18.2 Å². The highest BCUT2D eigenvalue weighted by atomic mass is 35.5. The van der Waals surface area contributed by atoms with Crippen LogP contribution in [0.25, 0.3) is 0 Å². The maximum Gasteiger partial charge on any atom is 0.345 e. The number of carbonyl (C=O) groups excluding carboxylic acids is 1. The molecule has 0 amide bonds. The minimum Gasteiger partial charge on any atom is -0.479 e. The molecule has 2 atom stereocenters. The van der Waals surface area contributed by atoms with Crippen LogP contribution in [0, 0.1) is 0 Å². The van der Waals surface area contributed by atoms with E-state index >= 15 is 0 Å². The highest BCUT2D eigenvalue weighted by Crippen LogP contribution is 2.38. The van der Waals surface area contributed by atoms with E-state index < -0.39 is 24.1 Å². The third-order valence-corrected chi connectivity index (χ3v) is 2.83. The van der Waals surface area contributed by atoms with Gasteiger partial charge in [-0.2, -0.15) is 0 Å². The molecule has 1 aromatic carbocycles. The second-order valence-corrected chi connectivity index (χ2v) is 4.40. The van der Waals surface area contributed by atoms with E-state index in [1.807, 2.05) is 0 Å². The molecular weight excluding hydrogens is 260 g/mol. The molecule has 18 heavy (non-hydrogen) atoms. The Morgan fingerprint density at radius 3 is 2.83 bits per heavy atom. The number of esters is 1. The van der Waals surface area contributed by atoms with Crippen LogP contribution in [0.1, 0.15) is 25.0 Å². The maximum atomic E-state index is 11.0. The summed E-state index contributed by atoms with van der Waals surface area (Å²) in [7, 11) is 0. The SMILES string of the molecule is CC(=O)OC1CC(C(=O)O)Oc2ccc(Cl)cc21. The first-order valence-corrected chi connectivity index (χ1v) is 5.71. The summed E-state index contributed by atoms with van der Waals surface area (Å²) in [5, 5.41) is 9.45. The van der Waals surface area contributed by atoms with Crippen molar-refractivity contribution in [2.45, 2.75) is 25.6 Å². The monoisotopic (exact) mass is 270 g/mol. The van der Waals surface area contributed by atoms with Gasteiger partial charge in [-0.3, -0.25) is 4.79 Å².